The Balaban J connectivity index is 1.94. The lowest BCUT2D eigenvalue weighted by atomic mass is 10.0. The summed E-state index contributed by atoms with van der Waals surface area (Å²) >= 11 is 1.42. The summed E-state index contributed by atoms with van der Waals surface area (Å²) in [5.74, 6) is 0.118. The zero-order valence-corrected chi connectivity index (χ0v) is 15.8. The number of fused-ring (bicyclic) bond motifs is 1. The van der Waals surface area contributed by atoms with Gasteiger partial charge in [0.2, 0.25) is 0 Å². The maximum Gasteiger partial charge on any atom is 0.260 e. The number of likely N-dealkylation sites (N-methyl/N-ethyl adjacent to an activating group) is 1. The van der Waals surface area contributed by atoms with Crippen LogP contribution in [-0.4, -0.2) is 39.6 Å². The smallest absolute Gasteiger partial charge is 0.260 e. The number of nitrogens with one attached hydrogen (secondary N) is 2. The van der Waals surface area contributed by atoms with Crippen molar-refractivity contribution in [3.05, 3.63) is 39.8 Å². The molecular formula is C18H22N3O4S+. The Morgan fingerprint density at radius 2 is 2.04 bits per heavy atom. The summed E-state index contributed by atoms with van der Waals surface area (Å²) in [4.78, 5) is 27.2. The normalized spacial score (nSPS) is 15.9. The van der Waals surface area contributed by atoms with Gasteiger partial charge in [0.1, 0.15) is 23.0 Å². The Hall–Kier alpha value is -2.58. The number of hydrogen-bond donors (Lipinski definition) is 3. The van der Waals surface area contributed by atoms with E-state index in [-0.39, 0.29) is 5.91 Å². The summed E-state index contributed by atoms with van der Waals surface area (Å²) in [6.07, 6.45) is 0.775. The van der Waals surface area contributed by atoms with E-state index in [1.807, 2.05) is 0 Å². The SMILES string of the molecule is COc1ccc(C(=O)Nc2sc3c(c2C(N)=O)CC[NH+](C)C3)c(OC)c1. The Bertz CT molecular complexity index is 862. The van der Waals surface area contributed by atoms with Crippen molar-refractivity contribution in [1.29, 1.82) is 0 Å². The fourth-order valence-corrected chi connectivity index (χ4v) is 4.49. The molecule has 2 aromatic rings. The summed E-state index contributed by atoms with van der Waals surface area (Å²) in [6.45, 7) is 1.76. The van der Waals surface area contributed by atoms with Crippen molar-refractivity contribution in [2.45, 2.75) is 13.0 Å². The number of hydrogen-bond acceptors (Lipinski definition) is 5. The number of carbonyl (C=O) groups is 2. The van der Waals surface area contributed by atoms with E-state index < -0.39 is 5.91 Å². The minimum atomic E-state index is -0.515. The van der Waals surface area contributed by atoms with E-state index >= 15 is 0 Å². The first-order valence-electron chi connectivity index (χ1n) is 8.23. The van der Waals surface area contributed by atoms with Crippen LogP contribution in [0.1, 0.15) is 31.2 Å². The lowest BCUT2D eigenvalue weighted by Crippen LogP contribution is -3.08. The van der Waals surface area contributed by atoms with Gasteiger partial charge in [0, 0.05) is 12.5 Å². The molecule has 138 valence electrons. The van der Waals surface area contributed by atoms with E-state index in [1.165, 1.54) is 23.3 Å². The predicted octanol–water partition coefficient (Wildman–Crippen LogP) is 0.687. The van der Waals surface area contributed by atoms with Gasteiger partial charge in [-0.2, -0.15) is 0 Å². The van der Waals surface area contributed by atoms with E-state index in [0.717, 1.165) is 30.0 Å². The Morgan fingerprint density at radius 1 is 1.27 bits per heavy atom. The van der Waals surface area contributed by atoms with E-state index in [9.17, 15) is 9.59 Å². The average Bonchev–Trinajstić information content (AvgIpc) is 2.97. The first-order valence-corrected chi connectivity index (χ1v) is 9.05. The molecule has 0 bridgehead atoms. The van der Waals surface area contributed by atoms with Gasteiger partial charge < -0.3 is 25.4 Å². The number of anilines is 1. The minimum Gasteiger partial charge on any atom is -0.497 e. The number of rotatable bonds is 5. The highest BCUT2D eigenvalue weighted by Crippen LogP contribution is 2.35. The molecule has 0 spiro atoms. The average molecular weight is 376 g/mol. The lowest BCUT2D eigenvalue weighted by molar-refractivity contribution is -0.895. The highest BCUT2D eigenvalue weighted by Gasteiger charge is 2.28. The molecule has 2 amide bonds. The maximum atomic E-state index is 12.8. The highest BCUT2D eigenvalue weighted by molar-refractivity contribution is 7.17. The second kappa shape index (κ2) is 7.35. The van der Waals surface area contributed by atoms with E-state index in [1.54, 1.807) is 25.3 Å². The van der Waals surface area contributed by atoms with Gasteiger partial charge in [0.25, 0.3) is 11.8 Å². The third-order valence-electron chi connectivity index (χ3n) is 4.48. The molecule has 0 saturated heterocycles. The van der Waals surface area contributed by atoms with E-state index in [4.69, 9.17) is 15.2 Å². The molecule has 4 N–H and O–H groups in total. The third kappa shape index (κ3) is 3.38. The molecule has 1 atom stereocenters. The van der Waals surface area contributed by atoms with Crippen LogP contribution in [0.25, 0.3) is 0 Å². The Morgan fingerprint density at radius 3 is 2.69 bits per heavy atom. The zero-order valence-electron chi connectivity index (χ0n) is 15.0. The number of ether oxygens (including phenoxy) is 2. The summed E-state index contributed by atoms with van der Waals surface area (Å²) in [5.41, 5.74) is 7.35. The van der Waals surface area contributed by atoms with Crippen LogP contribution in [-0.2, 0) is 13.0 Å². The molecular weight excluding hydrogens is 354 g/mol. The molecule has 1 aliphatic rings. The monoisotopic (exact) mass is 376 g/mol. The molecule has 1 aromatic carbocycles. The molecule has 0 radical (unpaired) electrons. The summed E-state index contributed by atoms with van der Waals surface area (Å²) < 4.78 is 10.4. The first kappa shape index (κ1) is 18.2. The number of carbonyl (C=O) groups excluding carboxylic acids is 2. The number of primary amides is 1. The van der Waals surface area contributed by atoms with Crippen molar-refractivity contribution >= 4 is 28.2 Å². The number of benzene rings is 1. The molecule has 1 unspecified atom stereocenters. The first-order chi connectivity index (χ1) is 12.4. The molecule has 0 saturated carbocycles. The van der Waals surface area contributed by atoms with Gasteiger partial charge in [-0.25, -0.2) is 0 Å². The van der Waals surface area contributed by atoms with Crippen molar-refractivity contribution in [2.75, 3.05) is 33.1 Å². The highest BCUT2D eigenvalue weighted by atomic mass is 32.1. The Labute approximate surface area is 155 Å². The maximum absolute atomic E-state index is 12.8. The molecule has 0 aliphatic carbocycles. The second-order valence-corrected chi connectivity index (χ2v) is 7.33. The van der Waals surface area contributed by atoms with Gasteiger partial charge in [-0.15, -0.1) is 11.3 Å². The van der Waals surface area contributed by atoms with Crippen molar-refractivity contribution in [1.82, 2.24) is 0 Å². The van der Waals surface area contributed by atoms with Crippen LogP contribution < -0.4 is 25.4 Å². The van der Waals surface area contributed by atoms with Gasteiger partial charge >= 0.3 is 0 Å². The summed E-state index contributed by atoms with van der Waals surface area (Å²) in [6, 6.07) is 4.95. The van der Waals surface area contributed by atoms with Crippen molar-refractivity contribution < 1.29 is 24.0 Å². The van der Waals surface area contributed by atoms with Gasteiger partial charge in [0.05, 0.1) is 43.8 Å². The van der Waals surface area contributed by atoms with E-state index in [0.29, 0.717) is 27.6 Å². The molecule has 3 rings (SSSR count). The van der Waals surface area contributed by atoms with Crippen molar-refractivity contribution in [3.63, 3.8) is 0 Å². The van der Waals surface area contributed by atoms with Gasteiger partial charge in [-0.05, 0) is 17.7 Å². The number of nitrogens with two attached hydrogens (primary N) is 1. The lowest BCUT2D eigenvalue weighted by Gasteiger charge is -2.19. The van der Waals surface area contributed by atoms with Gasteiger partial charge in [-0.3, -0.25) is 9.59 Å². The molecule has 8 heteroatoms. The minimum absolute atomic E-state index is 0.355. The molecule has 0 fully saturated rings. The van der Waals surface area contributed by atoms with Crippen LogP contribution in [0.3, 0.4) is 0 Å². The fourth-order valence-electron chi connectivity index (χ4n) is 3.13. The predicted molar refractivity (Wildman–Crippen MR) is 99.5 cm³/mol. The summed E-state index contributed by atoms with van der Waals surface area (Å²) in [7, 11) is 5.14. The van der Waals surface area contributed by atoms with Gasteiger partial charge in [-0.1, -0.05) is 0 Å². The fraction of sp³-hybridized carbons (Fsp3) is 0.333. The van der Waals surface area contributed by atoms with Crippen LogP contribution in [0, 0.1) is 0 Å². The van der Waals surface area contributed by atoms with Crippen molar-refractivity contribution in [2.24, 2.45) is 5.73 Å². The molecule has 2 heterocycles. The number of methoxy groups -OCH3 is 2. The van der Waals surface area contributed by atoms with E-state index in [2.05, 4.69) is 12.4 Å². The molecule has 1 aromatic heterocycles. The Kier molecular flexibility index (Phi) is 5.15. The second-order valence-electron chi connectivity index (χ2n) is 6.23. The molecule has 26 heavy (non-hydrogen) atoms. The number of amides is 2. The quantitative estimate of drug-likeness (QED) is 0.715. The molecule has 7 nitrogen and oxygen atoms in total. The standard InChI is InChI=1S/C18H21N3O4S/c1-21-7-6-12-14(9-21)26-18(15(12)16(19)22)20-17(23)11-5-4-10(24-2)8-13(11)25-3/h4-5,8H,6-7,9H2,1-3H3,(H2,19,22)(H,20,23)/p+1. The topological polar surface area (TPSA) is 95.1 Å². The third-order valence-corrected chi connectivity index (χ3v) is 5.63. The summed E-state index contributed by atoms with van der Waals surface area (Å²) in [5, 5.41) is 3.34. The van der Waals surface area contributed by atoms with Crippen LogP contribution >= 0.6 is 11.3 Å². The van der Waals surface area contributed by atoms with Crippen LogP contribution in [0.2, 0.25) is 0 Å². The number of quaternary nitrogens is 1. The van der Waals surface area contributed by atoms with Crippen molar-refractivity contribution in [3.8, 4) is 11.5 Å². The number of thiophene rings is 1. The van der Waals surface area contributed by atoms with Crippen LogP contribution in [0.5, 0.6) is 11.5 Å². The largest absolute Gasteiger partial charge is 0.497 e. The zero-order chi connectivity index (χ0) is 18.8. The van der Waals surface area contributed by atoms with Gasteiger partial charge in [0.15, 0.2) is 0 Å². The van der Waals surface area contributed by atoms with Crippen LogP contribution in [0.15, 0.2) is 18.2 Å². The van der Waals surface area contributed by atoms with Crippen LogP contribution in [0.4, 0.5) is 5.00 Å². The molecule has 1 aliphatic heterocycles.